The highest BCUT2D eigenvalue weighted by molar-refractivity contribution is 7.90. The van der Waals surface area contributed by atoms with Gasteiger partial charge in [-0.05, 0) is 44.4 Å². The summed E-state index contributed by atoms with van der Waals surface area (Å²) < 4.78 is 32.3. The van der Waals surface area contributed by atoms with Crippen molar-refractivity contribution in [3.8, 4) is 0 Å². The van der Waals surface area contributed by atoms with Crippen molar-refractivity contribution in [3.05, 3.63) is 0 Å². The molecular formula is C14H27NO4S. The van der Waals surface area contributed by atoms with Crippen LogP contribution in [0.5, 0.6) is 0 Å². The van der Waals surface area contributed by atoms with Crippen LogP contribution in [0.25, 0.3) is 0 Å². The van der Waals surface area contributed by atoms with E-state index in [2.05, 4.69) is 11.6 Å². The minimum Gasteiger partial charge on any atom is -0.389 e. The normalized spacial score (nSPS) is 33.2. The van der Waals surface area contributed by atoms with Gasteiger partial charge in [-0.25, -0.2) is 13.1 Å². The summed E-state index contributed by atoms with van der Waals surface area (Å²) in [6.45, 7) is 3.34. The van der Waals surface area contributed by atoms with E-state index in [4.69, 9.17) is 4.74 Å². The maximum absolute atomic E-state index is 12.2. The molecule has 2 fully saturated rings. The van der Waals surface area contributed by atoms with E-state index < -0.39 is 15.6 Å². The van der Waals surface area contributed by atoms with Gasteiger partial charge >= 0.3 is 0 Å². The standard InChI is InChI=1S/C14H27NO4S/c1-2-12-3-7-14(16,8-4-12)11-15-20(17,18)13-5-9-19-10-6-13/h12-13,15-16H,2-11H2,1H3. The Balaban J connectivity index is 1.84. The average molecular weight is 305 g/mol. The zero-order valence-corrected chi connectivity index (χ0v) is 13.1. The van der Waals surface area contributed by atoms with Gasteiger partial charge in [0.2, 0.25) is 10.0 Å². The molecule has 2 N–H and O–H groups in total. The number of aliphatic hydroxyl groups is 1. The second kappa shape index (κ2) is 6.73. The quantitative estimate of drug-likeness (QED) is 0.805. The molecule has 0 amide bonds. The Morgan fingerprint density at radius 1 is 1.20 bits per heavy atom. The minimum absolute atomic E-state index is 0.156. The Morgan fingerprint density at radius 2 is 1.80 bits per heavy atom. The molecule has 0 radical (unpaired) electrons. The van der Waals surface area contributed by atoms with Gasteiger partial charge in [0.05, 0.1) is 10.9 Å². The molecule has 5 nitrogen and oxygen atoms in total. The number of hydrogen-bond acceptors (Lipinski definition) is 4. The van der Waals surface area contributed by atoms with Crippen LogP contribution in [0.4, 0.5) is 0 Å². The van der Waals surface area contributed by atoms with Gasteiger partial charge < -0.3 is 9.84 Å². The number of rotatable bonds is 5. The first-order valence-corrected chi connectivity index (χ1v) is 9.28. The third kappa shape index (κ3) is 4.16. The first-order chi connectivity index (χ1) is 9.45. The van der Waals surface area contributed by atoms with E-state index in [0.29, 0.717) is 44.8 Å². The second-order valence-corrected chi connectivity index (χ2v) is 8.30. The highest BCUT2D eigenvalue weighted by Gasteiger charge is 2.35. The highest BCUT2D eigenvalue weighted by atomic mass is 32.2. The summed E-state index contributed by atoms with van der Waals surface area (Å²) in [5.41, 5.74) is -0.857. The molecule has 0 aromatic rings. The van der Waals surface area contributed by atoms with Crippen LogP contribution in [0, 0.1) is 5.92 Å². The van der Waals surface area contributed by atoms with Crippen molar-refractivity contribution in [1.82, 2.24) is 4.72 Å². The summed E-state index contributed by atoms with van der Waals surface area (Å²) in [5, 5.41) is 10.1. The first kappa shape index (κ1) is 16.2. The van der Waals surface area contributed by atoms with E-state index >= 15 is 0 Å². The molecule has 1 aliphatic heterocycles. The van der Waals surface area contributed by atoms with Crippen LogP contribution in [-0.2, 0) is 14.8 Å². The minimum atomic E-state index is -3.33. The van der Waals surface area contributed by atoms with Crippen LogP contribution in [-0.4, -0.2) is 44.1 Å². The maximum atomic E-state index is 12.2. The van der Waals surface area contributed by atoms with Crippen molar-refractivity contribution in [2.75, 3.05) is 19.8 Å². The van der Waals surface area contributed by atoms with Crippen molar-refractivity contribution >= 4 is 10.0 Å². The van der Waals surface area contributed by atoms with Gasteiger partial charge in [-0.15, -0.1) is 0 Å². The predicted molar refractivity (Wildman–Crippen MR) is 78.0 cm³/mol. The Hall–Kier alpha value is -0.170. The lowest BCUT2D eigenvalue weighted by molar-refractivity contribution is -0.00455. The molecule has 0 unspecified atom stereocenters. The Morgan fingerprint density at radius 3 is 2.35 bits per heavy atom. The van der Waals surface area contributed by atoms with E-state index in [0.717, 1.165) is 19.3 Å². The Bertz CT molecular complexity index is 395. The van der Waals surface area contributed by atoms with Crippen LogP contribution in [0.1, 0.15) is 51.9 Å². The van der Waals surface area contributed by atoms with Crippen LogP contribution in [0.2, 0.25) is 0 Å². The average Bonchev–Trinajstić information content (AvgIpc) is 2.47. The van der Waals surface area contributed by atoms with E-state index in [1.165, 1.54) is 0 Å². The van der Waals surface area contributed by atoms with Gasteiger partial charge in [0, 0.05) is 19.8 Å². The molecule has 0 bridgehead atoms. The van der Waals surface area contributed by atoms with Crippen LogP contribution in [0.15, 0.2) is 0 Å². The topological polar surface area (TPSA) is 75.6 Å². The molecule has 1 saturated heterocycles. The third-order valence-electron chi connectivity index (χ3n) is 4.82. The molecule has 1 aliphatic carbocycles. The number of ether oxygens (including phenoxy) is 1. The third-order valence-corrected chi connectivity index (χ3v) is 6.72. The summed E-state index contributed by atoms with van der Waals surface area (Å²) in [4.78, 5) is 0. The molecule has 0 atom stereocenters. The zero-order valence-electron chi connectivity index (χ0n) is 12.3. The highest BCUT2D eigenvalue weighted by Crippen LogP contribution is 2.33. The molecule has 2 rings (SSSR count). The molecule has 6 heteroatoms. The van der Waals surface area contributed by atoms with Gasteiger partial charge in [0.25, 0.3) is 0 Å². The fourth-order valence-electron chi connectivity index (χ4n) is 3.14. The molecule has 118 valence electrons. The fraction of sp³-hybridized carbons (Fsp3) is 1.00. The summed E-state index contributed by atoms with van der Waals surface area (Å²) >= 11 is 0. The number of hydrogen-bond donors (Lipinski definition) is 2. The molecule has 0 aromatic heterocycles. The summed E-state index contributed by atoms with van der Waals surface area (Å²) in [7, 11) is -3.33. The van der Waals surface area contributed by atoms with E-state index in [-0.39, 0.29) is 11.8 Å². The van der Waals surface area contributed by atoms with E-state index in [1.807, 2.05) is 0 Å². The molecule has 1 saturated carbocycles. The van der Waals surface area contributed by atoms with Crippen molar-refractivity contribution < 1.29 is 18.3 Å². The van der Waals surface area contributed by atoms with Crippen LogP contribution in [0.3, 0.4) is 0 Å². The molecule has 0 spiro atoms. The summed E-state index contributed by atoms with van der Waals surface area (Å²) in [6, 6.07) is 0. The van der Waals surface area contributed by atoms with Gasteiger partial charge in [-0.2, -0.15) is 0 Å². The molecule has 2 aliphatic rings. The van der Waals surface area contributed by atoms with E-state index in [1.54, 1.807) is 0 Å². The van der Waals surface area contributed by atoms with Crippen molar-refractivity contribution in [3.63, 3.8) is 0 Å². The lowest BCUT2D eigenvalue weighted by atomic mass is 9.78. The lowest BCUT2D eigenvalue weighted by Gasteiger charge is -2.36. The Kier molecular flexibility index (Phi) is 5.45. The van der Waals surface area contributed by atoms with Crippen LogP contribution < -0.4 is 4.72 Å². The number of sulfonamides is 1. The molecular weight excluding hydrogens is 278 g/mol. The molecule has 20 heavy (non-hydrogen) atoms. The maximum Gasteiger partial charge on any atom is 0.214 e. The summed E-state index contributed by atoms with van der Waals surface area (Å²) in [6.07, 6.45) is 5.61. The second-order valence-electron chi connectivity index (χ2n) is 6.25. The first-order valence-electron chi connectivity index (χ1n) is 7.74. The van der Waals surface area contributed by atoms with Gasteiger partial charge in [0.15, 0.2) is 0 Å². The van der Waals surface area contributed by atoms with Crippen molar-refractivity contribution in [1.29, 1.82) is 0 Å². The largest absolute Gasteiger partial charge is 0.389 e. The molecule has 0 aromatic carbocycles. The zero-order chi connectivity index (χ0) is 14.6. The smallest absolute Gasteiger partial charge is 0.214 e. The fourth-order valence-corrected chi connectivity index (χ4v) is 4.66. The van der Waals surface area contributed by atoms with Crippen molar-refractivity contribution in [2.24, 2.45) is 5.92 Å². The number of nitrogens with one attached hydrogen (secondary N) is 1. The molecule has 1 heterocycles. The van der Waals surface area contributed by atoms with Crippen molar-refractivity contribution in [2.45, 2.75) is 62.7 Å². The lowest BCUT2D eigenvalue weighted by Crippen LogP contribution is -2.48. The van der Waals surface area contributed by atoms with Gasteiger partial charge in [-0.3, -0.25) is 0 Å². The SMILES string of the molecule is CCC1CCC(O)(CNS(=O)(=O)C2CCOCC2)CC1. The predicted octanol–water partition coefficient (Wildman–Crippen LogP) is 1.42. The Labute approximate surface area is 122 Å². The van der Waals surface area contributed by atoms with Crippen LogP contribution >= 0.6 is 0 Å². The van der Waals surface area contributed by atoms with Gasteiger partial charge in [0.1, 0.15) is 0 Å². The monoisotopic (exact) mass is 305 g/mol. The van der Waals surface area contributed by atoms with E-state index in [9.17, 15) is 13.5 Å². The van der Waals surface area contributed by atoms with Gasteiger partial charge in [-0.1, -0.05) is 13.3 Å². The summed E-state index contributed by atoms with van der Waals surface area (Å²) in [5.74, 6) is 0.683.